The Morgan fingerprint density at radius 3 is 2.32 bits per heavy atom. The third-order valence-electron chi connectivity index (χ3n) is 6.19. The van der Waals surface area contributed by atoms with Crippen LogP contribution in [0, 0.1) is 0 Å². The van der Waals surface area contributed by atoms with E-state index in [9.17, 15) is 4.79 Å². The number of rotatable bonds is 6. The molecule has 0 radical (unpaired) electrons. The molecule has 2 saturated heterocycles. The largest absolute Gasteiger partial charge is 0.371 e. The standard InChI is InChI=1S/C21H31N3O/c1-2-11-21(12-13-21)22-17-9-15-23(16-10-17)18-5-7-19(8-6-18)24-14-3-4-20(24)25/h5-8,17,22H,2-4,9-16H2,1H3. The third-order valence-corrected chi connectivity index (χ3v) is 6.19. The number of piperidine rings is 1. The molecule has 1 aliphatic carbocycles. The normalized spacial score (nSPS) is 23.3. The summed E-state index contributed by atoms with van der Waals surface area (Å²) >= 11 is 0. The summed E-state index contributed by atoms with van der Waals surface area (Å²) in [5.74, 6) is 0.265. The minimum Gasteiger partial charge on any atom is -0.371 e. The molecule has 2 heterocycles. The van der Waals surface area contributed by atoms with E-state index in [-0.39, 0.29) is 5.91 Å². The fourth-order valence-corrected chi connectivity index (χ4v) is 4.58. The zero-order valence-electron chi connectivity index (χ0n) is 15.5. The molecule has 1 aromatic rings. The maximum Gasteiger partial charge on any atom is 0.227 e. The predicted molar refractivity (Wildman–Crippen MR) is 103 cm³/mol. The van der Waals surface area contributed by atoms with Crippen molar-refractivity contribution in [1.29, 1.82) is 0 Å². The molecule has 0 aromatic heterocycles. The average molecular weight is 341 g/mol. The summed E-state index contributed by atoms with van der Waals surface area (Å²) in [4.78, 5) is 16.3. The van der Waals surface area contributed by atoms with Crippen molar-refractivity contribution in [2.75, 3.05) is 29.4 Å². The van der Waals surface area contributed by atoms with Crippen LogP contribution in [0.3, 0.4) is 0 Å². The third kappa shape index (κ3) is 3.69. The molecule has 1 aromatic carbocycles. The van der Waals surface area contributed by atoms with Crippen molar-refractivity contribution in [3.63, 3.8) is 0 Å². The molecule has 25 heavy (non-hydrogen) atoms. The molecule has 3 aliphatic rings. The van der Waals surface area contributed by atoms with Crippen LogP contribution < -0.4 is 15.1 Å². The van der Waals surface area contributed by atoms with Crippen LogP contribution in [0.5, 0.6) is 0 Å². The average Bonchev–Trinajstić information content (AvgIpc) is 3.25. The van der Waals surface area contributed by atoms with Crippen LogP contribution in [0.25, 0.3) is 0 Å². The molecule has 4 nitrogen and oxygen atoms in total. The van der Waals surface area contributed by atoms with Crippen LogP contribution in [-0.2, 0) is 4.79 Å². The van der Waals surface area contributed by atoms with E-state index in [4.69, 9.17) is 0 Å². The zero-order valence-corrected chi connectivity index (χ0v) is 15.5. The second-order valence-electron chi connectivity index (χ2n) is 8.10. The highest BCUT2D eigenvalue weighted by molar-refractivity contribution is 5.95. The highest BCUT2D eigenvalue weighted by Gasteiger charge is 2.43. The number of carbonyl (C=O) groups excluding carboxylic acids is 1. The van der Waals surface area contributed by atoms with Gasteiger partial charge in [0.05, 0.1) is 0 Å². The molecule has 0 atom stereocenters. The number of carbonyl (C=O) groups is 1. The van der Waals surface area contributed by atoms with Crippen LogP contribution in [-0.4, -0.2) is 37.1 Å². The van der Waals surface area contributed by atoms with Gasteiger partial charge in [-0.3, -0.25) is 4.79 Å². The maximum atomic E-state index is 11.9. The van der Waals surface area contributed by atoms with Gasteiger partial charge in [0.15, 0.2) is 0 Å². The van der Waals surface area contributed by atoms with Crippen molar-refractivity contribution in [1.82, 2.24) is 5.32 Å². The van der Waals surface area contributed by atoms with E-state index in [2.05, 4.69) is 41.4 Å². The van der Waals surface area contributed by atoms with Crippen molar-refractivity contribution in [3.05, 3.63) is 24.3 Å². The van der Waals surface area contributed by atoms with Gasteiger partial charge in [0.1, 0.15) is 0 Å². The lowest BCUT2D eigenvalue weighted by molar-refractivity contribution is -0.117. The molecular formula is C21H31N3O. The first-order chi connectivity index (χ1) is 12.2. The minimum absolute atomic E-state index is 0.265. The summed E-state index contributed by atoms with van der Waals surface area (Å²) in [7, 11) is 0. The summed E-state index contributed by atoms with van der Waals surface area (Å²) in [6, 6.07) is 9.29. The highest BCUT2D eigenvalue weighted by atomic mass is 16.2. The van der Waals surface area contributed by atoms with E-state index in [1.165, 1.54) is 44.2 Å². The number of nitrogens with one attached hydrogen (secondary N) is 1. The van der Waals surface area contributed by atoms with E-state index < -0.39 is 0 Å². The van der Waals surface area contributed by atoms with E-state index in [0.29, 0.717) is 18.0 Å². The summed E-state index contributed by atoms with van der Waals surface area (Å²) in [5.41, 5.74) is 2.84. The second-order valence-corrected chi connectivity index (χ2v) is 8.10. The Hall–Kier alpha value is -1.55. The summed E-state index contributed by atoms with van der Waals surface area (Å²) in [6.07, 6.45) is 9.52. The van der Waals surface area contributed by atoms with Gasteiger partial charge in [-0.1, -0.05) is 13.3 Å². The molecule has 1 amide bonds. The summed E-state index contributed by atoms with van der Waals surface area (Å²) in [5, 5.41) is 3.96. The van der Waals surface area contributed by atoms with Crippen LogP contribution in [0.1, 0.15) is 58.3 Å². The summed E-state index contributed by atoms with van der Waals surface area (Å²) < 4.78 is 0. The van der Waals surface area contributed by atoms with Gasteiger partial charge < -0.3 is 15.1 Å². The first kappa shape index (κ1) is 16.9. The van der Waals surface area contributed by atoms with Crippen molar-refractivity contribution in [2.45, 2.75) is 69.9 Å². The van der Waals surface area contributed by atoms with Crippen LogP contribution >= 0.6 is 0 Å². The number of nitrogens with zero attached hydrogens (tertiary/aromatic N) is 2. The Kier molecular flexibility index (Phi) is 4.72. The number of hydrogen-bond acceptors (Lipinski definition) is 3. The molecule has 3 fully saturated rings. The van der Waals surface area contributed by atoms with E-state index in [1.807, 2.05) is 4.90 Å². The van der Waals surface area contributed by atoms with Gasteiger partial charge in [0.25, 0.3) is 0 Å². The SMILES string of the molecule is CCCC1(NC2CCN(c3ccc(N4CCCC4=O)cc3)CC2)CC1. The quantitative estimate of drug-likeness (QED) is 0.857. The predicted octanol–water partition coefficient (Wildman–Crippen LogP) is 3.70. The molecule has 2 aliphatic heterocycles. The Balaban J connectivity index is 1.31. The van der Waals surface area contributed by atoms with Gasteiger partial charge in [0.2, 0.25) is 5.91 Å². The Morgan fingerprint density at radius 1 is 1.08 bits per heavy atom. The van der Waals surface area contributed by atoms with E-state index >= 15 is 0 Å². The minimum atomic E-state index is 0.265. The molecule has 4 heteroatoms. The number of anilines is 2. The van der Waals surface area contributed by atoms with Crippen LogP contribution in [0.15, 0.2) is 24.3 Å². The second kappa shape index (κ2) is 6.99. The van der Waals surface area contributed by atoms with Gasteiger partial charge in [0, 0.05) is 49.0 Å². The maximum absolute atomic E-state index is 11.9. The fourth-order valence-electron chi connectivity index (χ4n) is 4.58. The molecule has 136 valence electrons. The molecule has 1 saturated carbocycles. The number of amides is 1. The first-order valence-electron chi connectivity index (χ1n) is 10.1. The number of benzene rings is 1. The molecule has 0 bridgehead atoms. The lowest BCUT2D eigenvalue weighted by Crippen LogP contribution is -2.47. The molecule has 4 rings (SSSR count). The van der Waals surface area contributed by atoms with Crippen molar-refractivity contribution < 1.29 is 4.79 Å². The molecule has 1 N–H and O–H groups in total. The number of hydrogen-bond donors (Lipinski definition) is 1. The topological polar surface area (TPSA) is 35.6 Å². The Bertz CT molecular complexity index is 600. The van der Waals surface area contributed by atoms with Crippen molar-refractivity contribution in [2.24, 2.45) is 0 Å². The van der Waals surface area contributed by atoms with Crippen LogP contribution in [0.4, 0.5) is 11.4 Å². The monoisotopic (exact) mass is 341 g/mol. The molecule has 0 unspecified atom stereocenters. The van der Waals surface area contributed by atoms with E-state index in [1.54, 1.807) is 0 Å². The molecule has 0 spiro atoms. The van der Waals surface area contributed by atoms with Crippen molar-refractivity contribution in [3.8, 4) is 0 Å². The Morgan fingerprint density at radius 2 is 1.76 bits per heavy atom. The lowest BCUT2D eigenvalue weighted by atomic mass is 10.0. The highest BCUT2D eigenvalue weighted by Crippen LogP contribution is 2.40. The smallest absolute Gasteiger partial charge is 0.227 e. The Labute approximate surface area is 151 Å². The van der Waals surface area contributed by atoms with E-state index in [0.717, 1.165) is 31.7 Å². The molecular weight excluding hydrogens is 310 g/mol. The van der Waals surface area contributed by atoms with Gasteiger partial charge in [-0.2, -0.15) is 0 Å². The fraction of sp³-hybridized carbons (Fsp3) is 0.667. The summed E-state index contributed by atoms with van der Waals surface area (Å²) in [6.45, 7) is 5.42. The van der Waals surface area contributed by atoms with Gasteiger partial charge in [-0.15, -0.1) is 0 Å². The van der Waals surface area contributed by atoms with Gasteiger partial charge in [-0.25, -0.2) is 0 Å². The van der Waals surface area contributed by atoms with Gasteiger partial charge in [-0.05, 0) is 62.8 Å². The van der Waals surface area contributed by atoms with Crippen molar-refractivity contribution >= 4 is 17.3 Å². The lowest BCUT2D eigenvalue weighted by Gasteiger charge is -2.36. The first-order valence-corrected chi connectivity index (χ1v) is 10.1. The zero-order chi connectivity index (χ0) is 17.3. The van der Waals surface area contributed by atoms with Gasteiger partial charge >= 0.3 is 0 Å². The van der Waals surface area contributed by atoms with Crippen LogP contribution in [0.2, 0.25) is 0 Å².